The number of rotatable bonds is 4. The summed E-state index contributed by atoms with van der Waals surface area (Å²) in [4.78, 5) is 23.5. The smallest absolute Gasteiger partial charge is 0.236 e. The average Bonchev–Trinajstić information content (AvgIpc) is 2.79. The van der Waals surface area contributed by atoms with Gasteiger partial charge in [-0.2, -0.15) is 0 Å². The van der Waals surface area contributed by atoms with Crippen LogP contribution < -0.4 is 0 Å². The van der Waals surface area contributed by atoms with Crippen LogP contribution >= 0.6 is 0 Å². The van der Waals surface area contributed by atoms with Gasteiger partial charge in [0, 0.05) is 38.3 Å². The number of carbonyl (C=O) groups is 1. The van der Waals surface area contributed by atoms with Crippen molar-refractivity contribution in [3.05, 3.63) is 42.1 Å². The summed E-state index contributed by atoms with van der Waals surface area (Å²) >= 11 is 0. The van der Waals surface area contributed by atoms with Crippen LogP contribution in [0.1, 0.15) is 12.0 Å². The lowest BCUT2D eigenvalue weighted by molar-refractivity contribution is -0.131. The number of likely N-dealkylation sites (N-methyl/N-ethyl adjacent to an activating group) is 2. The summed E-state index contributed by atoms with van der Waals surface area (Å²) in [6.45, 7) is 5.21. The Balaban J connectivity index is 1.63. The number of hydrogen-bond acceptors (Lipinski definition) is 4. The van der Waals surface area contributed by atoms with E-state index in [1.165, 1.54) is 0 Å². The normalized spacial score (nSPS) is 16.9. The molecule has 3 rings (SSSR count). The molecule has 0 bridgehead atoms. The van der Waals surface area contributed by atoms with Crippen molar-refractivity contribution in [1.29, 1.82) is 0 Å². The number of nitrogens with zero attached hydrogens (tertiary/aromatic N) is 4. The van der Waals surface area contributed by atoms with Crippen LogP contribution in [0.5, 0.6) is 0 Å². The Labute approximate surface area is 143 Å². The highest BCUT2D eigenvalue weighted by Gasteiger charge is 2.18. The molecule has 1 saturated heterocycles. The van der Waals surface area contributed by atoms with E-state index < -0.39 is 0 Å². The van der Waals surface area contributed by atoms with Crippen LogP contribution in [0.25, 0.3) is 10.9 Å². The number of hydrogen-bond donors (Lipinski definition) is 0. The third-order valence-corrected chi connectivity index (χ3v) is 4.72. The van der Waals surface area contributed by atoms with Crippen molar-refractivity contribution in [3.63, 3.8) is 0 Å². The van der Waals surface area contributed by atoms with Gasteiger partial charge in [-0.15, -0.1) is 0 Å². The highest BCUT2D eigenvalue weighted by atomic mass is 16.2. The van der Waals surface area contributed by atoms with E-state index in [-0.39, 0.29) is 5.91 Å². The number of benzene rings is 1. The maximum Gasteiger partial charge on any atom is 0.236 e. The Kier molecular flexibility index (Phi) is 5.43. The first-order valence-electron chi connectivity index (χ1n) is 8.61. The zero-order chi connectivity index (χ0) is 16.9. The first-order chi connectivity index (χ1) is 11.6. The molecule has 1 aromatic heterocycles. The first kappa shape index (κ1) is 16.9. The van der Waals surface area contributed by atoms with Gasteiger partial charge in [0.2, 0.25) is 5.91 Å². The molecule has 0 unspecified atom stereocenters. The number of fused-ring (bicyclic) bond motifs is 1. The molecule has 0 saturated carbocycles. The van der Waals surface area contributed by atoms with E-state index in [1.54, 1.807) is 6.20 Å². The molecule has 0 aliphatic carbocycles. The highest BCUT2D eigenvalue weighted by Crippen LogP contribution is 2.17. The molecule has 1 amide bonds. The van der Waals surface area contributed by atoms with E-state index in [9.17, 15) is 4.79 Å². The van der Waals surface area contributed by atoms with Gasteiger partial charge in [0.05, 0.1) is 12.1 Å². The van der Waals surface area contributed by atoms with Crippen LogP contribution in [0, 0.1) is 0 Å². The minimum Gasteiger partial charge on any atom is -0.340 e. The van der Waals surface area contributed by atoms with Gasteiger partial charge in [-0.25, -0.2) is 0 Å². The highest BCUT2D eigenvalue weighted by molar-refractivity contribution is 5.83. The van der Waals surface area contributed by atoms with E-state index in [1.807, 2.05) is 24.1 Å². The molecule has 0 atom stereocenters. The van der Waals surface area contributed by atoms with Crippen molar-refractivity contribution in [2.45, 2.75) is 13.0 Å². The van der Waals surface area contributed by atoms with Gasteiger partial charge in [-0.1, -0.05) is 24.3 Å². The Bertz CT molecular complexity index is 697. The monoisotopic (exact) mass is 326 g/mol. The van der Waals surface area contributed by atoms with Crippen LogP contribution in [0.2, 0.25) is 0 Å². The van der Waals surface area contributed by atoms with Gasteiger partial charge in [0.25, 0.3) is 0 Å². The second-order valence-corrected chi connectivity index (χ2v) is 6.68. The van der Waals surface area contributed by atoms with Crippen molar-refractivity contribution < 1.29 is 4.79 Å². The molecule has 2 aromatic rings. The molecule has 1 aliphatic rings. The SMILES string of the molecule is CN1CCCN(CC(=O)N(C)Cc2cccc3cccnc23)CC1. The summed E-state index contributed by atoms with van der Waals surface area (Å²) < 4.78 is 0. The summed E-state index contributed by atoms with van der Waals surface area (Å²) in [6, 6.07) is 10.1. The molecular formula is C19H26N4O. The molecule has 128 valence electrons. The summed E-state index contributed by atoms with van der Waals surface area (Å²) in [6.07, 6.45) is 2.93. The Hall–Kier alpha value is -1.98. The van der Waals surface area contributed by atoms with Crippen LogP contribution in [0.3, 0.4) is 0 Å². The molecule has 1 aromatic carbocycles. The topological polar surface area (TPSA) is 39.7 Å². The van der Waals surface area contributed by atoms with E-state index in [0.29, 0.717) is 13.1 Å². The van der Waals surface area contributed by atoms with E-state index in [0.717, 1.165) is 49.1 Å². The lowest BCUT2D eigenvalue weighted by atomic mass is 10.1. The minimum absolute atomic E-state index is 0.174. The van der Waals surface area contributed by atoms with Gasteiger partial charge in [-0.05, 0) is 38.2 Å². The number of aromatic nitrogens is 1. The second-order valence-electron chi connectivity index (χ2n) is 6.68. The van der Waals surface area contributed by atoms with Crippen molar-refractivity contribution in [2.24, 2.45) is 0 Å². The summed E-state index contributed by atoms with van der Waals surface area (Å²) in [5, 5.41) is 1.12. The maximum absolute atomic E-state index is 12.6. The molecule has 1 aliphatic heterocycles. The van der Waals surface area contributed by atoms with Gasteiger partial charge < -0.3 is 9.80 Å². The zero-order valence-electron chi connectivity index (χ0n) is 14.6. The molecule has 2 heterocycles. The third-order valence-electron chi connectivity index (χ3n) is 4.72. The van der Waals surface area contributed by atoms with E-state index in [4.69, 9.17) is 0 Å². The molecule has 0 N–H and O–H groups in total. The average molecular weight is 326 g/mol. The fourth-order valence-electron chi connectivity index (χ4n) is 3.21. The third kappa shape index (κ3) is 4.10. The number of pyridine rings is 1. The molecule has 1 fully saturated rings. The lowest BCUT2D eigenvalue weighted by Gasteiger charge is -2.24. The Morgan fingerprint density at radius 1 is 1.17 bits per heavy atom. The van der Waals surface area contributed by atoms with Crippen LogP contribution in [-0.4, -0.2) is 72.4 Å². The minimum atomic E-state index is 0.174. The predicted molar refractivity (Wildman–Crippen MR) is 96.8 cm³/mol. The molecule has 0 radical (unpaired) electrons. The van der Waals surface area contributed by atoms with Crippen molar-refractivity contribution in [3.8, 4) is 0 Å². The standard InChI is InChI=1S/C19H26N4O/c1-21-10-5-11-23(13-12-21)15-18(24)22(2)14-17-7-3-6-16-8-4-9-20-19(16)17/h3-4,6-9H,5,10-15H2,1-2H3. The maximum atomic E-state index is 12.6. The summed E-state index contributed by atoms with van der Waals surface area (Å²) in [7, 11) is 4.03. The lowest BCUT2D eigenvalue weighted by Crippen LogP contribution is -2.39. The Morgan fingerprint density at radius 3 is 2.88 bits per heavy atom. The van der Waals surface area contributed by atoms with E-state index in [2.05, 4.69) is 40.0 Å². The van der Waals surface area contributed by atoms with Crippen molar-refractivity contribution in [2.75, 3.05) is 46.8 Å². The second kappa shape index (κ2) is 7.73. The fourth-order valence-corrected chi connectivity index (χ4v) is 3.21. The molecular weight excluding hydrogens is 300 g/mol. The van der Waals surface area contributed by atoms with Gasteiger partial charge in [0.1, 0.15) is 0 Å². The van der Waals surface area contributed by atoms with Crippen LogP contribution in [0.4, 0.5) is 0 Å². The van der Waals surface area contributed by atoms with Crippen molar-refractivity contribution >= 4 is 16.8 Å². The fraction of sp³-hybridized carbons (Fsp3) is 0.474. The summed E-state index contributed by atoms with van der Waals surface area (Å²) in [5.74, 6) is 0.174. The predicted octanol–water partition coefficient (Wildman–Crippen LogP) is 1.83. The number of para-hydroxylation sites is 1. The van der Waals surface area contributed by atoms with Gasteiger partial charge >= 0.3 is 0 Å². The molecule has 5 heteroatoms. The number of amides is 1. The number of carbonyl (C=O) groups excluding carboxylic acids is 1. The molecule has 24 heavy (non-hydrogen) atoms. The zero-order valence-corrected chi connectivity index (χ0v) is 14.6. The quantitative estimate of drug-likeness (QED) is 0.859. The van der Waals surface area contributed by atoms with E-state index >= 15 is 0 Å². The van der Waals surface area contributed by atoms with Gasteiger partial charge in [0.15, 0.2) is 0 Å². The molecule has 5 nitrogen and oxygen atoms in total. The van der Waals surface area contributed by atoms with Crippen molar-refractivity contribution in [1.82, 2.24) is 19.7 Å². The largest absolute Gasteiger partial charge is 0.340 e. The van der Waals surface area contributed by atoms with Gasteiger partial charge in [-0.3, -0.25) is 14.7 Å². The first-order valence-corrected chi connectivity index (χ1v) is 8.61. The Morgan fingerprint density at radius 2 is 2.00 bits per heavy atom. The summed E-state index contributed by atoms with van der Waals surface area (Å²) in [5.41, 5.74) is 2.08. The van der Waals surface area contributed by atoms with Crippen LogP contribution in [-0.2, 0) is 11.3 Å². The van der Waals surface area contributed by atoms with Crippen LogP contribution in [0.15, 0.2) is 36.5 Å². The molecule has 0 spiro atoms.